The average molecular weight is 308 g/mol. The monoisotopic (exact) mass is 307 g/mol. The molecule has 0 bridgehead atoms. The molecule has 2 rings (SSSR count). The van der Waals surface area contributed by atoms with Crippen molar-refractivity contribution in [3.8, 4) is 0 Å². The minimum atomic E-state index is -0.913. The van der Waals surface area contributed by atoms with Crippen molar-refractivity contribution < 1.29 is 14.7 Å². The smallest absolute Gasteiger partial charge is 0.307 e. The van der Waals surface area contributed by atoms with Crippen molar-refractivity contribution in [1.82, 2.24) is 4.90 Å². The van der Waals surface area contributed by atoms with Gasteiger partial charge in [-0.3, -0.25) is 9.59 Å². The molecule has 4 nitrogen and oxygen atoms in total. The zero-order valence-corrected chi connectivity index (χ0v) is 12.6. The van der Waals surface area contributed by atoms with Gasteiger partial charge >= 0.3 is 5.97 Å². The molecule has 1 N–H and O–H groups in total. The minimum absolute atomic E-state index is 0.147. The highest BCUT2D eigenvalue weighted by Crippen LogP contribution is 2.28. The summed E-state index contributed by atoms with van der Waals surface area (Å²) in [7, 11) is 1.68. The first-order valence-electron chi connectivity index (χ1n) is 6.87. The van der Waals surface area contributed by atoms with E-state index < -0.39 is 17.8 Å². The Morgan fingerprint density at radius 2 is 1.86 bits per heavy atom. The molecule has 0 fully saturated rings. The molecule has 0 heterocycles. The van der Waals surface area contributed by atoms with Gasteiger partial charge in [-0.25, -0.2) is 0 Å². The summed E-state index contributed by atoms with van der Waals surface area (Å²) < 4.78 is 0. The van der Waals surface area contributed by atoms with E-state index in [4.69, 9.17) is 11.6 Å². The highest BCUT2D eigenvalue weighted by molar-refractivity contribution is 6.31. The fourth-order valence-electron chi connectivity index (χ4n) is 2.60. The second kappa shape index (κ2) is 6.76. The van der Waals surface area contributed by atoms with Crippen LogP contribution >= 0.6 is 11.6 Å². The predicted octanol–water partition coefficient (Wildman–Crippen LogP) is 2.97. The first kappa shape index (κ1) is 15.6. The standard InChI is InChI=1S/C16H18ClNO3/c1-18(10-11-6-2-5-9-14(11)17)15(19)12-7-3-4-8-13(12)16(20)21/h2-6,9,12-13H,7-8,10H2,1H3,(H,20,21). The Balaban J connectivity index is 2.10. The molecular weight excluding hydrogens is 290 g/mol. The molecule has 1 aromatic rings. The minimum Gasteiger partial charge on any atom is -0.481 e. The summed E-state index contributed by atoms with van der Waals surface area (Å²) in [6.07, 6.45) is 4.59. The van der Waals surface area contributed by atoms with Gasteiger partial charge in [-0.1, -0.05) is 42.0 Å². The fraction of sp³-hybridized carbons (Fsp3) is 0.375. The lowest BCUT2D eigenvalue weighted by Crippen LogP contribution is -2.39. The van der Waals surface area contributed by atoms with Crippen LogP contribution in [0.15, 0.2) is 36.4 Å². The molecule has 0 aliphatic heterocycles. The number of aliphatic carboxylic acids is 1. The van der Waals surface area contributed by atoms with Crippen molar-refractivity contribution in [2.75, 3.05) is 7.05 Å². The predicted molar refractivity (Wildman–Crippen MR) is 80.9 cm³/mol. The van der Waals surface area contributed by atoms with Gasteiger partial charge in [-0.05, 0) is 24.5 Å². The summed E-state index contributed by atoms with van der Waals surface area (Å²) >= 11 is 6.09. The lowest BCUT2D eigenvalue weighted by molar-refractivity contribution is -0.150. The Bertz CT molecular complexity index is 570. The van der Waals surface area contributed by atoms with E-state index in [0.717, 1.165) is 5.56 Å². The number of carbonyl (C=O) groups excluding carboxylic acids is 1. The average Bonchev–Trinajstić information content (AvgIpc) is 2.48. The van der Waals surface area contributed by atoms with E-state index in [1.165, 1.54) is 0 Å². The number of benzene rings is 1. The molecule has 1 aromatic carbocycles. The molecule has 2 atom stereocenters. The largest absolute Gasteiger partial charge is 0.481 e. The van der Waals surface area contributed by atoms with E-state index in [0.29, 0.717) is 24.4 Å². The van der Waals surface area contributed by atoms with E-state index >= 15 is 0 Å². The number of halogens is 1. The third-order valence-electron chi connectivity index (χ3n) is 3.81. The van der Waals surface area contributed by atoms with Gasteiger partial charge in [0.15, 0.2) is 0 Å². The number of hydrogen-bond donors (Lipinski definition) is 1. The van der Waals surface area contributed by atoms with Gasteiger partial charge in [-0.15, -0.1) is 0 Å². The molecule has 0 saturated carbocycles. The summed E-state index contributed by atoms with van der Waals surface area (Å²) in [5.41, 5.74) is 0.855. The van der Waals surface area contributed by atoms with Crippen molar-refractivity contribution in [3.63, 3.8) is 0 Å². The Morgan fingerprint density at radius 3 is 2.48 bits per heavy atom. The quantitative estimate of drug-likeness (QED) is 0.870. The number of carboxylic acids is 1. The van der Waals surface area contributed by atoms with Crippen molar-refractivity contribution in [1.29, 1.82) is 0 Å². The van der Waals surface area contributed by atoms with Crippen LogP contribution in [0.5, 0.6) is 0 Å². The summed E-state index contributed by atoms with van der Waals surface area (Å²) in [5.74, 6) is -2.20. The fourth-order valence-corrected chi connectivity index (χ4v) is 2.80. The maximum absolute atomic E-state index is 12.5. The molecule has 0 saturated heterocycles. The Labute approximate surface area is 129 Å². The number of nitrogens with zero attached hydrogens (tertiary/aromatic N) is 1. The maximum atomic E-state index is 12.5. The Kier molecular flexibility index (Phi) is 5.02. The van der Waals surface area contributed by atoms with Crippen LogP contribution in [-0.4, -0.2) is 28.9 Å². The Hall–Kier alpha value is -1.81. The first-order chi connectivity index (χ1) is 10.0. The SMILES string of the molecule is CN(Cc1ccccc1Cl)C(=O)C1CC=CCC1C(=O)O. The van der Waals surface area contributed by atoms with Gasteiger partial charge in [0.1, 0.15) is 0 Å². The topological polar surface area (TPSA) is 57.6 Å². The number of amides is 1. The number of carbonyl (C=O) groups is 2. The van der Waals surface area contributed by atoms with E-state index in [1.807, 2.05) is 30.4 Å². The van der Waals surface area contributed by atoms with E-state index in [9.17, 15) is 14.7 Å². The van der Waals surface area contributed by atoms with E-state index in [2.05, 4.69) is 0 Å². The normalized spacial score (nSPS) is 21.0. The van der Waals surface area contributed by atoms with Crippen LogP contribution < -0.4 is 0 Å². The van der Waals surface area contributed by atoms with Gasteiger partial charge in [0.2, 0.25) is 5.91 Å². The molecule has 0 radical (unpaired) electrons. The summed E-state index contributed by atoms with van der Waals surface area (Å²) in [5, 5.41) is 9.85. The maximum Gasteiger partial charge on any atom is 0.307 e. The number of hydrogen-bond acceptors (Lipinski definition) is 2. The number of allylic oxidation sites excluding steroid dienone is 2. The van der Waals surface area contributed by atoms with Crippen LogP contribution in [0.2, 0.25) is 5.02 Å². The zero-order chi connectivity index (χ0) is 15.4. The van der Waals surface area contributed by atoms with Crippen LogP contribution in [-0.2, 0) is 16.1 Å². The molecule has 112 valence electrons. The number of carboxylic acid groups (broad SMARTS) is 1. The second-order valence-electron chi connectivity index (χ2n) is 5.28. The molecule has 2 unspecified atom stereocenters. The summed E-state index contributed by atoms with van der Waals surface area (Å²) in [6, 6.07) is 7.34. The van der Waals surface area contributed by atoms with Crippen molar-refractivity contribution >= 4 is 23.5 Å². The van der Waals surface area contributed by atoms with Crippen molar-refractivity contribution in [3.05, 3.63) is 47.0 Å². The van der Waals surface area contributed by atoms with Crippen LogP contribution in [0.1, 0.15) is 18.4 Å². The lowest BCUT2D eigenvalue weighted by Gasteiger charge is -2.29. The van der Waals surface area contributed by atoms with E-state index in [-0.39, 0.29) is 5.91 Å². The molecule has 21 heavy (non-hydrogen) atoms. The molecular formula is C16H18ClNO3. The molecule has 0 aromatic heterocycles. The molecule has 0 spiro atoms. The van der Waals surface area contributed by atoms with Gasteiger partial charge < -0.3 is 10.0 Å². The highest BCUT2D eigenvalue weighted by atomic mass is 35.5. The van der Waals surface area contributed by atoms with Gasteiger partial charge in [0.05, 0.1) is 11.8 Å². The lowest BCUT2D eigenvalue weighted by atomic mass is 9.82. The highest BCUT2D eigenvalue weighted by Gasteiger charge is 2.35. The first-order valence-corrected chi connectivity index (χ1v) is 7.24. The molecule has 5 heteroatoms. The molecule has 1 aliphatic carbocycles. The van der Waals surface area contributed by atoms with Crippen LogP contribution in [0.3, 0.4) is 0 Å². The molecule has 1 aliphatic rings. The second-order valence-corrected chi connectivity index (χ2v) is 5.69. The van der Waals surface area contributed by atoms with Crippen LogP contribution in [0, 0.1) is 11.8 Å². The Morgan fingerprint density at radius 1 is 1.24 bits per heavy atom. The summed E-state index contributed by atoms with van der Waals surface area (Å²) in [4.78, 5) is 25.3. The third kappa shape index (κ3) is 3.64. The third-order valence-corrected chi connectivity index (χ3v) is 4.18. The van der Waals surface area contributed by atoms with Crippen LogP contribution in [0.4, 0.5) is 0 Å². The van der Waals surface area contributed by atoms with E-state index in [1.54, 1.807) is 18.0 Å². The van der Waals surface area contributed by atoms with Crippen molar-refractivity contribution in [2.24, 2.45) is 11.8 Å². The van der Waals surface area contributed by atoms with Crippen LogP contribution in [0.25, 0.3) is 0 Å². The van der Waals surface area contributed by atoms with Gasteiger partial charge in [0.25, 0.3) is 0 Å². The molecule has 1 amide bonds. The zero-order valence-electron chi connectivity index (χ0n) is 11.8. The summed E-state index contributed by atoms with van der Waals surface area (Å²) in [6.45, 7) is 0.380. The van der Waals surface area contributed by atoms with Gasteiger partial charge in [0, 0.05) is 18.6 Å². The van der Waals surface area contributed by atoms with Gasteiger partial charge in [-0.2, -0.15) is 0 Å². The van der Waals surface area contributed by atoms with Crippen molar-refractivity contribution in [2.45, 2.75) is 19.4 Å². The number of rotatable bonds is 4.